The fourth-order valence-electron chi connectivity index (χ4n) is 1.91. The van der Waals surface area contributed by atoms with Crippen LogP contribution in [0.3, 0.4) is 0 Å². The molecule has 0 saturated heterocycles. The van der Waals surface area contributed by atoms with Crippen LogP contribution in [0.5, 0.6) is 0 Å². The van der Waals surface area contributed by atoms with E-state index in [0.29, 0.717) is 18.5 Å². The van der Waals surface area contributed by atoms with Crippen molar-refractivity contribution in [2.75, 3.05) is 11.5 Å². The van der Waals surface area contributed by atoms with Crippen molar-refractivity contribution in [1.29, 1.82) is 0 Å². The number of hydrogen-bond donors (Lipinski definition) is 1. The van der Waals surface area contributed by atoms with E-state index in [0.717, 1.165) is 0 Å². The van der Waals surface area contributed by atoms with Crippen molar-refractivity contribution in [1.82, 2.24) is 15.0 Å². The highest BCUT2D eigenvalue weighted by Crippen LogP contribution is 2.12. The molecule has 1 rings (SSSR count). The lowest BCUT2D eigenvalue weighted by Gasteiger charge is -2.09. The van der Waals surface area contributed by atoms with Gasteiger partial charge in [0.05, 0.1) is 18.0 Å². The molecule has 0 aliphatic rings. The van der Waals surface area contributed by atoms with Gasteiger partial charge in [-0.1, -0.05) is 26.0 Å². The van der Waals surface area contributed by atoms with Crippen LogP contribution in [0.25, 0.3) is 0 Å². The number of carboxylic acids is 1. The molecule has 20 heavy (non-hydrogen) atoms. The van der Waals surface area contributed by atoms with Gasteiger partial charge in [0.25, 0.3) is 0 Å². The Labute approximate surface area is 118 Å². The number of sulfone groups is 1. The predicted octanol–water partition coefficient (Wildman–Crippen LogP) is 1.000. The summed E-state index contributed by atoms with van der Waals surface area (Å²) in [5.41, 5.74) is 0.394. The first-order chi connectivity index (χ1) is 9.26. The van der Waals surface area contributed by atoms with Crippen molar-refractivity contribution in [3.63, 3.8) is 0 Å². The highest BCUT2D eigenvalue weighted by Gasteiger charge is 2.20. The number of hydrogen-bond acceptors (Lipinski definition) is 5. The summed E-state index contributed by atoms with van der Waals surface area (Å²) < 4.78 is 24.8. The number of rotatable bonds is 8. The van der Waals surface area contributed by atoms with Gasteiger partial charge in [0.15, 0.2) is 15.5 Å². The van der Waals surface area contributed by atoms with E-state index in [2.05, 4.69) is 10.3 Å². The third kappa shape index (κ3) is 4.59. The van der Waals surface area contributed by atoms with Gasteiger partial charge in [-0.15, -0.1) is 5.10 Å². The summed E-state index contributed by atoms with van der Waals surface area (Å²) in [5.74, 6) is -0.817. The third-order valence-corrected chi connectivity index (χ3v) is 4.61. The molecule has 0 unspecified atom stereocenters. The number of aryl methyl sites for hydroxylation is 1. The van der Waals surface area contributed by atoms with Gasteiger partial charge in [-0.2, -0.15) is 0 Å². The summed E-state index contributed by atoms with van der Waals surface area (Å²) in [5, 5.41) is 16.5. The molecule has 0 radical (unpaired) electrons. The van der Waals surface area contributed by atoms with Gasteiger partial charge >= 0.3 is 5.97 Å². The molecule has 0 aromatic carbocycles. The van der Waals surface area contributed by atoms with Crippen LogP contribution in [0.2, 0.25) is 0 Å². The molecule has 8 heteroatoms. The van der Waals surface area contributed by atoms with Crippen molar-refractivity contribution in [2.24, 2.45) is 5.92 Å². The fourth-order valence-corrected chi connectivity index (χ4v) is 3.18. The average molecular weight is 303 g/mol. The smallest absolute Gasteiger partial charge is 0.358 e. The molecule has 1 N–H and O–H groups in total. The van der Waals surface area contributed by atoms with Gasteiger partial charge in [-0.05, 0) is 18.8 Å². The van der Waals surface area contributed by atoms with Gasteiger partial charge in [0.1, 0.15) is 0 Å². The molecule has 0 fully saturated rings. The maximum atomic E-state index is 11.7. The molecule has 1 heterocycles. The van der Waals surface area contributed by atoms with E-state index in [-0.39, 0.29) is 29.7 Å². The molecular weight excluding hydrogens is 282 g/mol. The molecule has 0 amide bonds. The van der Waals surface area contributed by atoms with Crippen LogP contribution in [0.1, 0.15) is 43.4 Å². The minimum Gasteiger partial charge on any atom is -0.476 e. The lowest BCUT2D eigenvalue weighted by molar-refractivity contribution is 0.0689. The van der Waals surface area contributed by atoms with E-state index in [4.69, 9.17) is 5.11 Å². The molecule has 0 bridgehead atoms. The van der Waals surface area contributed by atoms with Crippen molar-refractivity contribution in [3.05, 3.63) is 11.4 Å². The van der Waals surface area contributed by atoms with E-state index in [9.17, 15) is 13.2 Å². The maximum absolute atomic E-state index is 11.7. The predicted molar refractivity (Wildman–Crippen MR) is 74.5 cm³/mol. The summed E-state index contributed by atoms with van der Waals surface area (Å²) in [6.45, 7) is 5.86. The van der Waals surface area contributed by atoms with Crippen LogP contribution in [-0.4, -0.2) is 46.0 Å². The zero-order chi connectivity index (χ0) is 15.3. The number of carbonyl (C=O) groups is 1. The Morgan fingerprint density at radius 1 is 1.35 bits per heavy atom. The van der Waals surface area contributed by atoms with E-state index < -0.39 is 15.8 Å². The zero-order valence-electron chi connectivity index (χ0n) is 12.0. The summed E-state index contributed by atoms with van der Waals surface area (Å²) in [6, 6.07) is 0. The largest absolute Gasteiger partial charge is 0.476 e. The Bertz CT molecular complexity index is 563. The van der Waals surface area contributed by atoms with Crippen molar-refractivity contribution >= 4 is 15.8 Å². The molecule has 0 atom stereocenters. The van der Waals surface area contributed by atoms with Crippen LogP contribution >= 0.6 is 0 Å². The van der Waals surface area contributed by atoms with Gasteiger partial charge < -0.3 is 5.11 Å². The first-order valence-electron chi connectivity index (χ1n) is 6.63. The third-order valence-electron chi connectivity index (χ3n) is 2.77. The van der Waals surface area contributed by atoms with Crippen LogP contribution in [0, 0.1) is 5.92 Å². The Hall–Kier alpha value is -1.44. The minimum atomic E-state index is -3.12. The van der Waals surface area contributed by atoms with E-state index in [1.807, 2.05) is 13.8 Å². The number of aromatic carboxylic acids is 1. The first kappa shape index (κ1) is 16.6. The summed E-state index contributed by atoms with van der Waals surface area (Å²) in [4.78, 5) is 11.1. The monoisotopic (exact) mass is 303 g/mol. The second-order valence-corrected chi connectivity index (χ2v) is 7.47. The maximum Gasteiger partial charge on any atom is 0.358 e. The van der Waals surface area contributed by atoms with Gasteiger partial charge in [0.2, 0.25) is 0 Å². The van der Waals surface area contributed by atoms with Crippen molar-refractivity contribution < 1.29 is 18.3 Å². The lowest BCUT2D eigenvalue weighted by Crippen LogP contribution is -2.19. The molecule has 1 aromatic rings. The van der Waals surface area contributed by atoms with Crippen LogP contribution in [-0.2, 0) is 22.8 Å². The first-order valence-corrected chi connectivity index (χ1v) is 8.45. The molecule has 114 valence electrons. The fraction of sp³-hybridized carbons (Fsp3) is 0.750. The lowest BCUT2D eigenvalue weighted by atomic mass is 10.1. The minimum absolute atomic E-state index is 0.0473. The van der Waals surface area contributed by atoms with E-state index >= 15 is 0 Å². The highest BCUT2D eigenvalue weighted by atomic mass is 32.2. The number of carboxylic acid groups (broad SMARTS) is 1. The molecule has 7 nitrogen and oxygen atoms in total. The second-order valence-electron chi connectivity index (χ2n) is 5.16. The highest BCUT2D eigenvalue weighted by molar-refractivity contribution is 7.91. The summed E-state index contributed by atoms with van der Waals surface area (Å²) in [7, 11) is -3.12. The van der Waals surface area contributed by atoms with E-state index in [1.165, 1.54) is 4.68 Å². The second kappa shape index (κ2) is 6.83. The quantitative estimate of drug-likeness (QED) is 0.768. The molecular formula is C12H21N3O4S. The van der Waals surface area contributed by atoms with Crippen LogP contribution in [0.4, 0.5) is 0 Å². The standard InChI is InChI=1S/C12H21N3O4S/c1-4-6-20(18,19)7-5-15-10(8-9(2)3)11(12(16)17)13-14-15/h9H,4-8H2,1-3H3,(H,16,17). The molecule has 1 aromatic heterocycles. The topological polar surface area (TPSA) is 102 Å². The summed E-state index contributed by atoms with van der Waals surface area (Å²) >= 11 is 0. The summed E-state index contributed by atoms with van der Waals surface area (Å²) in [6.07, 6.45) is 1.07. The molecule has 0 saturated carbocycles. The van der Waals surface area contributed by atoms with Gasteiger partial charge in [0, 0.05) is 5.75 Å². The van der Waals surface area contributed by atoms with Gasteiger partial charge in [-0.25, -0.2) is 17.9 Å². The van der Waals surface area contributed by atoms with Crippen molar-refractivity contribution in [3.8, 4) is 0 Å². The number of aromatic nitrogens is 3. The Balaban J connectivity index is 2.92. The molecule has 0 aliphatic heterocycles. The average Bonchev–Trinajstić information content (AvgIpc) is 2.69. The SMILES string of the molecule is CCCS(=O)(=O)CCn1nnc(C(=O)O)c1CC(C)C. The Morgan fingerprint density at radius 2 is 2.00 bits per heavy atom. The van der Waals surface area contributed by atoms with E-state index in [1.54, 1.807) is 6.92 Å². The normalized spacial score (nSPS) is 12.0. The Morgan fingerprint density at radius 3 is 2.50 bits per heavy atom. The zero-order valence-corrected chi connectivity index (χ0v) is 12.9. The van der Waals surface area contributed by atoms with Gasteiger partial charge in [-0.3, -0.25) is 0 Å². The molecule has 0 aliphatic carbocycles. The van der Waals surface area contributed by atoms with Crippen molar-refractivity contribution in [2.45, 2.75) is 40.2 Å². The Kier molecular flexibility index (Phi) is 5.67. The number of nitrogens with zero attached hydrogens (tertiary/aromatic N) is 3. The molecule has 0 spiro atoms. The van der Waals surface area contributed by atoms with Crippen LogP contribution < -0.4 is 0 Å². The van der Waals surface area contributed by atoms with Crippen LogP contribution in [0.15, 0.2) is 0 Å².